The molecule has 0 amide bonds. The molecule has 0 aliphatic carbocycles. The van der Waals surface area contributed by atoms with Gasteiger partial charge in [0.2, 0.25) is 0 Å². The second-order valence-electron chi connectivity index (χ2n) is 5.60. The fourth-order valence-corrected chi connectivity index (χ4v) is 2.26. The molecular weight excluding hydrogens is 234 g/mol. The van der Waals surface area contributed by atoms with E-state index in [9.17, 15) is 4.79 Å². The Labute approximate surface area is 116 Å². The first-order valence-corrected chi connectivity index (χ1v) is 6.58. The number of rotatable bonds is 5. The summed E-state index contributed by atoms with van der Waals surface area (Å²) in [5.41, 5.74) is 4.22. The van der Waals surface area contributed by atoms with Crippen LogP contribution in [0.5, 0.6) is 0 Å². The van der Waals surface area contributed by atoms with E-state index in [1.807, 2.05) is 25.3 Å². The van der Waals surface area contributed by atoms with Crippen molar-refractivity contribution >= 4 is 6.29 Å². The molecule has 1 aromatic rings. The Kier molecular flexibility index (Phi) is 5.22. The van der Waals surface area contributed by atoms with Gasteiger partial charge in [0.1, 0.15) is 6.29 Å². The van der Waals surface area contributed by atoms with Crippen LogP contribution in [0, 0.1) is 6.92 Å². The lowest BCUT2D eigenvalue weighted by Crippen LogP contribution is -2.21. The molecule has 0 radical (unpaired) electrons. The van der Waals surface area contributed by atoms with Crippen LogP contribution >= 0.6 is 0 Å². The molecule has 102 valence electrons. The molecule has 0 saturated heterocycles. The lowest BCUT2D eigenvalue weighted by atomic mass is 9.76. The number of nitrogens with zero attached hydrogens (tertiary/aromatic N) is 1. The molecule has 0 aliphatic heterocycles. The normalized spacial score (nSPS) is 14.7. The number of carbonyl (C=O) groups is 1. The largest absolute Gasteiger partial charge is 0.298 e. The van der Waals surface area contributed by atoms with Crippen molar-refractivity contribution in [2.45, 2.75) is 46.5 Å². The van der Waals surface area contributed by atoms with E-state index in [2.05, 4.69) is 38.8 Å². The van der Waals surface area contributed by atoms with Crippen molar-refractivity contribution in [3.8, 4) is 0 Å². The predicted octanol–water partition coefficient (Wildman–Crippen LogP) is 4.15. The minimum Gasteiger partial charge on any atom is -0.298 e. The van der Waals surface area contributed by atoms with Crippen LogP contribution < -0.4 is 0 Å². The molecule has 0 fully saturated rings. The van der Waals surface area contributed by atoms with Gasteiger partial charge in [0.15, 0.2) is 0 Å². The first-order valence-electron chi connectivity index (χ1n) is 6.58. The molecule has 2 nitrogen and oxygen atoms in total. The minimum atomic E-state index is -0.194. The first-order chi connectivity index (χ1) is 8.89. The van der Waals surface area contributed by atoms with E-state index in [1.165, 1.54) is 16.7 Å². The van der Waals surface area contributed by atoms with Crippen molar-refractivity contribution in [1.82, 2.24) is 4.98 Å². The fraction of sp³-hybridized carbons (Fsp3) is 0.412. The topological polar surface area (TPSA) is 30.0 Å². The molecular formula is C17H23NO. The number of carbonyl (C=O) groups excluding carboxylic acids is 1. The molecule has 1 aromatic heterocycles. The summed E-state index contributed by atoms with van der Waals surface area (Å²) >= 11 is 0. The van der Waals surface area contributed by atoms with Gasteiger partial charge in [-0.3, -0.25) is 9.78 Å². The van der Waals surface area contributed by atoms with Gasteiger partial charge < -0.3 is 0 Å². The molecule has 0 spiro atoms. The van der Waals surface area contributed by atoms with Gasteiger partial charge in [0.25, 0.3) is 0 Å². The van der Waals surface area contributed by atoms with E-state index in [4.69, 9.17) is 0 Å². The average Bonchev–Trinajstić information content (AvgIpc) is 2.36. The lowest BCUT2D eigenvalue weighted by Gasteiger charge is -2.27. The number of aryl methyl sites for hydroxylation is 1. The summed E-state index contributed by atoms with van der Waals surface area (Å²) in [5, 5.41) is 0. The molecule has 0 bridgehead atoms. The Bertz CT molecular complexity index is 510. The molecule has 2 heteroatoms. The van der Waals surface area contributed by atoms with Crippen LogP contribution in [-0.2, 0) is 10.2 Å². The summed E-state index contributed by atoms with van der Waals surface area (Å²) < 4.78 is 0. The van der Waals surface area contributed by atoms with Crippen molar-refractivity contribution in [3.05, 3.63) is 52.9 Å². The van der Waals surface area contributed by atoms with E-state index in [1.54, 1.807) is 6.20 Å². The van der Waals surface area contributed by atoms with Crippen LogP contribution in [0.1, 0.15) is 45.2 Å². The predicted molar refractivity (Wildman–Crippen MR) is 80.2 cm³/mol. The Hall–Kier alpha value is -1.70. The van der Waals surface area contributed by atoms with Gasteiger partial charge in [-0.1, -0.05) is 24.6 Å². The van der Waals surface area contributed by atoms with E-state index >= 15 is 0 Å². The third-order valence-corrected chi connectivity index (χ3v) is 3.32. The van der Waals surface area contributed by atoms with Gasteiger partial charge in [-0.25, -0.2) is 0 Å². The summed E-state index contributed by atoms with van der Waals surface area (Å²) in [4.78, 5) is 15.2. The Morgan fingerprint density at radius 2 is 2.05 bits per heavy atom. The second kappa shape index (κ2) is 6.46. The van der Waals surface area contributed by atoms with Crippen LogP contribution in [0.3, 0.4) is 0 Å². The van der Waals surface area contributed by atoms with Crippen molar-refractivity contribution in [1.29, 1.82) is 0 Å². The van der Waals surface area contributed by atoms with Gasteiger partial charge in [-0.05, 0) is 56.9 Å². The van der Waals surface area contributed by atoms with Gasteiger partial charge >= 0.3 is 0 Å². The highest BCUT2D eigenvalue weighted by Crippen LogP contribution is 2.33. The number of hydrogen-bond donors (Lipinski definition) is 0. The maximum absolute atomic E-state index is 10.9. The Morgan fingerprint density at radius 1 is 1.37 bits per heavy atom. The summed E-state index contributed by atoms with van der Waals surface area (Å²) in [5.74, 6) is 0. The van der Waals surface area contributed by atoms with Crippen molar-refractivity contribution in [3.63, 3.8) is 0 Å². The zero-order valence-corrected chi connectivity index (χ0v) is 12.5. The van der Waals surface area contributed by atoms with Gasteiger partial charge in [-0.2, -0.15) is 0 Å². The van der Waals surface area contributed by atoms with Gasteiger partial charge in [0.05, 0.1) is 0 Å². The van der Waals surface area contributed by atoms with Crippen LogP contribution in [0.25, 0.3) is 0 Å². The molecule has 0 aromatic carbocycles. The van der Waals surface area contributed by atoms with Crippen molar-refractivity contribution in [2.75, 3.05) is 0 Å². The number of pyridine rings is 1. The summed E-state index contributed by atoms with van der Waals surface area (Å²) in [6.45, 7) is 10.3. The van der Waals surface area contributed by atoms with Gasteiger partial charge in [-0.15, -0.1) is 0 Å². The van der Waals surface area contributed by atoms with Crippen LogP contribution in [0.2, 0.25) is 0 Å². The van der Waals surface area contributed by atoms with E-state index in [-0.39, 0.29) is 5.41 Å². The highest BCUT2D eigenvalue weighted by molar-refractivity contribution is 5.72. The third-order valence-electron chi connectivity index (χ3n) is 3.32. The lowest BCUT2D eigenvalue weighted by molar-refractivity contribution is -0.104. The first kappa shape index (κ1) is 15.4. The maximum Gasteiger partial charge on any atom is 0.145 e. The smallest absolute Gasteiger partial charge is 0.145 e. The van der Waals surface area contributed by atoms with Crippen LogP contribution in [0.15, 0.2) is 41.8 Å². The summed E-state index contributed by atoms with van der Waals surface area (Å²) in [7, 11) is 0. The molecule has 1 rings (SSSR count). The monoisotopic (exact) mass is 257 g/mol. The number of hydrogen-bond acceptors (Lipinski definition) is 2. The number of aromatic nitrogens is 1. The number of allylic oxidation sites excluding steroid dienone is 4. The van der Waals surface area contributed by atoms with E-state index < -0.39 is 0 Å². The van der Waals surface area contributed by atoms with E-state index in [0.29, 0.717) is 0 Å². The van der Waals surface area contributed by atoms with Crippen molar-refractivity contribution < 1.29 is 4.79 Å². The summed E-state index contributed by atoms with van der Waals surface area (Å²) in [6.07, 6.45) is 9.74. The maximum atomic E-state index is 10.9. The number of aldehydes is 1. The highest BCUT2D eigenvalue weighted by atomic mass is 16.1. The zero-order chi connectivity index (χ0) is 14.5. The highest BCUT2D eigenvalue weighted by Gasteiger charge is 2.25. The molecule has 1 atom stereocenters. The Balaban J connectivity index is 3.30. The van der Waals surface area contributed by atoms with E-state index in [0.717, 1.165) is 18.3 Å². The van der Waals surface area contributed by atoms with Crippen LogP contribution in [0.4, 0.5) is 0 Å². The molecule has 1 unspecified atom stereocenters. The quantitative estimate of drug-likeness (QED) is 0.450. The zero-order valence-electron chi connectivity index (χ0n) is 12.5. The molecule has 1 heterocycles. The SMILES string of the molecule is CC(C)=CCC(C)(/C=C(\C)C=O)c1cnccc1C. The minimum absolute atomic E-state index is 0.194. The van der Waals surface area contributed by atoms with Crippen LogP contribution in [-0.4, -0.2) is 11.3 Å². The second-order valence-corrected chi connectivity index (χ2v) is 5.60. The summed E-state index contributed by atoms with van der Waals surface area (Å²) in [6, 6.07) is 2.01. The molecule has 0 aliphatic rings. The van der Waals surface area contributed by atoms with Crippen molar-refractivity contribution in [2.24, 2.45) is 0 Å². The molecule has 0 N–H and O–H groups in total. The average molecular weight is 257 g/mol. The third kappa shape index (κ3) is 4.16. The standard InChI is InChI=1S/C17H23NO/c1-13(2)6-8-17(5,10-14(3)12-19)16-11-18-9-7-15(16)4/h6-7,9-12H,8H2,1-5H3/b14-10+. The van der Waals surface area contributed by atoms with Gasteiger partial charge in [0, 0.05) is 17.8 Å². The fourth-order valence-electron chi connectivity index (χ4n) is 2.26. The Morgan fingerprint density at radius 3 is 2.58 bits per heavy atom. The molecule has 0 saturated carbocycles. The molecule has 19 heavy (non-hydrogen) atoms.